The van der Waals surface area contributed by atoms with E-state index in [4.69, 9.17) is 0 Å². The van der Waals surface area contributed by atoms with Gasteiger partial charge in [-0.2, -0.15) is 0 Å². The van der Waals surface area contributed by atoms with Crippen molar-refractivity contribution < 1.29 is 0 Å². The molecule has 3 rings (SSSR count). The molecule has 0 radical (unpaired) electrons. The largest absolute Gasteiger partial charge is 0.325 e. The Hall–Kier alpha value is -2.09. The van der Waals surface area contributed by atoms with Crippen LogP contribution in [0.5, 0.6) is 0 Å². The van der Waals surface area contributed by atoms with Crippen molar-refractivity contribution in [3.8, 4) is 0 Å². The van der Waals surface area contributed by atoms with Gasteiger partial charge in [-0.3, -0.25) is 0 Å². The summed E-state index contributed by atoms with van der Waals surface area (Å²) in [5.41, 5.74) is 2.43. The molecule has 0 aliphatic heterocycles. The van der Waals surface area contributed by atoms with E-state index in [-0.39, 0.29) is 0 Å². The van der Waals surface area contributed by atoms with Crippen molar-refractivity contribution in [2.45, 2.75) is 25.8 Å². The average Bonchev–Trinajstić information content (AvgIpc) is 2.89. The monoisotopic (exact) mass is 250 g/mol. The van der Waals surface area contributed by atoms with E-state index in [2.05, 4.69) is 65.1 Å². The molecule has 3 aromatic rings. The average molecular weight is 250 g/mol. The predicted octanol–water partition coefficient (Wildman–Crippen LogP) is 4.43. The van der Waals surface area contributed by atoms with Gasteiger partial charge >= 0.3 is 0 Å². The quantitative estimate of drug-likeness (QED) is 0.670. The molecule has 2 aromatic heterocycles. The summed E-state index contributed by atoms with van der Waals surface area (Å²) in [5.74, 6) is 0. The zero-order valence-corrected chi connectivity index (χ0v) is 11.2. The van der Waals surface area contributed by atoms with Crippen LogP contribution in [0.3, 0.4) is 0 Å². The molecule has 1 aromatic carbocycles. The molecule has 2 heteroatoms. The van der Waals surface area contributed by atoms with Crippen LogP contribution in [0.1, 0.15) is 31.4 Å². The molecule has 2 nitrogen and oxygen atoms in total. The SMILES string of the molecule is CCCC(c1ccccc1)n1ccc2cccnc21. The Labute approximate surface area is 113 Å². The van der Waals surface area contributed by atoms with Gasteiger partial charge in [0, 0.05) is 17.8 Å². The lowest BCUT2D eigenvalue weighted by Crippen LogP contribution is -2.09. The van der Waals surface area contributed by atoms with Crippen LogP contribution >= 0.6 is 0 Å². The summed E-state index contributed by atoms with van der Waals surface area (Å²) in [6.45, 7) is 2.23. The molecule has 0 bridgehead atoms. The molecule has 0 saturated heterocycles. The molecule has 0 aliphatic carbocycles. The second-order valence-corrected chi connectivity index (χ2v) is 4.85. The number of hydrogen-bond acceptors (Lipinski definition) is 1. The Morgan fingerprint density at radius 3 is 2.68 bits per heavy atom. The maximum atomic E-state index is 4.53. The molecule has 0 N–H and O–H groups in total. The van der Waals surface area contributed by atoms with Gasteiger partial charge in [-0.05, 0) is 30.2 Å². The fourth-order valence-electron chi connectivity index (χ4n) is 2.65. The molecule has 0 spiro atoms. The highest BCUT2D eigenvalue weighted by Gasteiger charge is 2.14. The molecule has 1 unspecified atom stereocenters. The van der Waals surface area contributed by atoms with Gasteiger partial charge in [-0.1, -0.05) is 43.7 Å². The second kappa shape index (κ2) is 5.27. The third-order valence-corrected chi connectivity index (χ3v) is 3.56. The Morgan fingerprint density at radius 1 is 1.05 bits per heavy atom. The van der Waals surface area contributed by atoms with E-state index in [1.807, 2.05) is 12.3 Å². The van der Waals surface area contributed by atoms with E-state index < -0.39 is 0 Å². The predicted molar refractivity (Wildman–Crippen MR) is 79.2 cm³/mol. The summed E-state index contributed by atoms with van der Waals surface area (Å²) < 4.78 is 2.30. The molecule has 0 aliphatic rings. The smallest absolute Gasteiger partial charge is 0.140 e. The standard InChI is InChI=1S/C17H18N2/c1-2-7-16(14-8-4-3-5-9-14)19-13-11-15-10-6-12-18-17(15)19/h3-6,8-13,16H,2,7H2,1H3. The first-order valence-electron chi connectivity index (χ1n) is 6.86. The Bertz CT molecular complexity index is 655. The number of aromatic nitrogens is 2. The van der Waals surface area contributed by atoms with Crippen molar-refractivity contribution in [1.82, 2.24) is 9.55 Å². The zero-order valence-electron chi connectivity index (χ0n) is 11.2. The van der Waals surface area contributed by atoms with Crippen LogP contribution in [0.4, 0.5) is 0 Å². The molecule has 1 atom stereocenters. The van der Waals surface area contributed by atoms with Crippen molar-refractivity contribution in [2.24, 2.45) is 0 Å². The summed E-state index contributed by atoms with van der Waals surface area (Å²) in [7, 11) is 0. The maximum absolute atomic E-state index is 4.53. The molecule has 19 heavy (non-hydrogen) atoms. The van der Waals surface area contributed by atoms with Gasteiger partial charge in [-0.15, -0.1) is 0 Å². The minimum Gasteiger partial charge on any atom is -0.325 e. The highest BCUT2D eigenvalue weighted by Crippen LogP contribution is 2.27. The third-order valence-electron chi connectivity index (χ3n) is 3.56. The maximum Gasteiger partial charge on any atom is 0.140 e. The Kier molecular flexibility index (Phi) is 3.32. The molecule has 0 amide bonds. The number of pyridine rings is 1. The van der Waals surface area contributed by atoms with Crippen molar-refractivity contribution in [3.05, 3.63) is 66.5 Å². The van der Waals surface area contributed by atoms with E-state index in [0.717, 1.165) is 18.5 Å². The Balaban J connectivity index is 2.10. The van der Waals surface area contributed by atoms with Gasteiger partial charge in [0.1, 0.15) is 5.65 Å². The number of nitrogens with zero attached hydrogens (tertiary/aromatic N) is 2. The first-order chi connectivity index (χ1) is 9.40. The fourth-order valence-corrected chi connectivity index (χ4v) is 2.65. The number of rotatable bonds is 4. The summed E-state index contributed by atoms with van der Waals surface area (Å²) in [6.07, 6.45) is 6.31. The number of hydrogen-bond donors (Lipinski definition) is 0. The van der Waals surface area contributed by atoms with Crippen LogP contribution in [0.25, 0.3) is 11.0 Å². The van der Waals surface area contributed by atoms with Crippen LogP contribution in [-0.4, -0.2) is 9.55 Å². The molecule has 0 saturated carbocycles. The first-order valence-corrected chi connectivity index (χ1v) is 6.86. The van der Waals surface area contributed by atoms with Crippen LogP contribution in [0.15, 0.2) is 60.9 Å². The van der Waals surface area contributed by atoms with Crippen molar-refractivity contribution in [2.75, 3.05) is 0 Å². The van der Waals surface area contributed by atoms with E-state index in [1.165, 1.54) is 10.9 Å². The zero-order chi connectivity index (χ0) is 13.1. The molecule has 2 heterocycles. The lowest BCUT2D eigenvalue weighted by Gasteiger charge is -2.19. The fraction of sp³-hybridized carbons (Fsp3) is 0.235. The topological polar surface area (TPSA) is 17.8 Å². The van der Waals surface area contributed by atoms with E-state index in [0.29, 0.717) is 6.04 Å². The van der Waals surface area contributed by atoms with Gasteiger partial charge in [-0.25, -0.2) is 4.98 Å². The van der Waals surface area contributed by atoms with Crippen LogP contribution in [0, 0.1) is 0 Å². The van der Waals surface area contributed by atoms with Gasteiger partial charge < -0.3 is 4.57 Å². The minimum absolute atomic E-state index is 0.374. The van der Waals surface area contributed by atoms with E-state index in [1.54, 1.807) is 0 Å². The van der Waals surface area contributed by atoms with Crippen LogP contribution in [0.2, 0.25) is 0 Å². The van der Waals surface area contributed by atoms with Gasteiger partial charge in [0.2, 0.25) is 0 Å². The lowest BCUT2D eigenvalue weighted by molar-refractivity contribution is 0.545. The van der Waals surface area contributed by atoms with Crippen LogP contribution in [-0.2, 0) is 0 Å². The minimum atomic E-state index is 0.374. The second-order valence-electron chi connectivity index (χ2n) is 4.85. The first kappa shape index (κ1) is 12.0. The summed E-state index contributed by atoms with van der Waals surface area (Å²) >= 11 is 0. The van der Waals surface area contributed by atoms with Crippen molar-refractivity contribution in [1.29, 1.82) is 0 Å². The Morgan fingerprint density at radius 2 is 1.89 bits per heavy atom. The highest BCUT2D eigenvalue weighted by atomic mass is 15.1. The molecular formula is C17H18N2. The third kappa shape index (κ3) is 2.26. The van der Waals surface area contributed by atoms with Crippen molar-refractivity contribution >= 4 is 11.0 Å². The summed E-state index contributed by atoms with van der Waals surface area (Å²) in [5, 5.41) is 1.21. The molecule has 96 valence electrons. The van der Waals surface area contributed by atoms with Gasteiger partial charge in [0.05, 0.1) is 6.04 Å². The number of benzene rings is 1. The lowest BCUT2D eigenvalue weighted by atomic mass is 10.0. The highest BCUT2D eigenvalue weighted by molar-refractivity contribution is 5.76. The molecule has 0 fully saturated rings. The summed E-state index contributed by atoms with van der Waals surface area (Å²) in [6, 6.07) is 17.3. The van der Waals surface area contributed by atoms with Gasteiger partial charge in [0.25, 0.3) is 0 Å². The van der Waals surface area contributed by atoms with Gasteiger partial charge in [0.15, 0.2) is 0 Å². The molecular weight excluding hydrogens is 232 g/mol. The summed E-state index contributed by atoms with van der Waals surface area (Å²) in [4.78, 5) is 4.53. The van der Waals surface area contributed by atoms with Crippen LogP contribution < -0.4 is 0 Å². The van der Waals surface area contributed by atoms with Crippen molar-refractivity contribution in [3.63, 3.8) is 0 Å². The van der Waals surface area contributed by atoms with E-state index in [9.17, 15) is 0 Å². The number of fused-ring (bicyclic) bond motifs is 1. The van der Waals surface area contributed by atoms with E-state index >= 15 is 0 Å². The normalized spacial score (nSPS) is 12.7.